The lowest BCUT2D eigenvalue weighted by Crippen LogP contribution is -2.31. The molecular formula is C13H12BrN3O3S. The minimum Gasteiger partial charge on any atom is -0.476 e. The van der Waals surface area contributed by atoms with Gasteiger partial charge in [-0.1, -0.05) is 0 Å². The van der Waals surface area contributed by atoms with Crippen LogP contribution in [-0.2, 0) is 6.42 Å². The second-order valence-corrected chi connectivity index (χ2v) is 6.59. The number of rotatable bonds is 5. The molecule has 2 heterocycles. The monoisotopic (exact) mass is 369 g/mol. The highest BCUT2D eigenvalue weighted by Gasteiger charge is 2.12. The molecule has 2 amide bonds. The van der Waals surface area contributed by atoms with E-state index in [1.807, 2.05) is 12.1 Å². The summed E-state index contributed by atoms with van der Waals surface area (Å²) in [4.78, 5) is 27.6. The maximum atomic E-state index is 11.7. The Balaban J connectivity index is 1.86. The molecule has 2 rings (SSSR count). The number of hydrogen-bond acceptors (Lipinski definition) is 4. The van der Waals surface area contributed by atoms with Crippen LogP contribution in [-0.4, -0.2) is 28.6 Å². The number of hydrogen-bond donors (Lipinski definition) is 3. The van der Waals surface area contributed by atoms with Gasteiger partial charge in [0.1, 0.15) is 0 Å². The molecule has 0 bridgehead atoms. The van der Waals surface area contributed by atoms with Crippen LogP contribution in [0.15, 0.2) is 34.2 Å². The number of anilines is 1. The molecule has 8 heteroatoms. The van der Waals surface area contributed by atoms with Crippen LogP contribution in [0, 0.1) is 0 Å². The predicted molar refractivity (Wildman–Crippen MR) is 83.9 cm³/mol. The summed E-state index contributed by atoms with van der Waals surface area (Å²) >= 11 is 4.98. The fraction of sp³-hybridized carbons (Fsp3) is 0.154. The number of carbonyl (C=O) groups is 2. The summed E-state index contributed by atoms with van der Waals surface area (Å²) in [6.07, 6.45) is 2.07. The van der Waals surface area contributed by atoms with Gasteiger partial charge in [-0.25, -0.2) is 14.6 Å². The van der Waals surface area contributed by atoms with Gasteiger partial charge in [0.15, 0.2) is 5.69 Å². The zero-order chi connectivity index (χ0) is 15.2. The summed E-state index contributed by atoms with van der Waals surface area (Å²) in [6, 6.07) is 6.53. The first-order valence-corrected chi connectivity index (χ1v) is 7.64. The van der Waals surface area contributed by atoms with Crippen molar-refractivity contribution in [3.05, 3.63) is 44.8 Å². The molecule has 2 aromatic heterocycles. The van der Waals surface area contributed by atoms with E-state index in [-0.39, 0.29) is 11.4 Å². The number of pyridine rings is 1. The van der Waals surface area contributed by atoms with Crippen molar-refractivity contribution in [2.24, 2.45) is 0 Å². The van der Waals surface area contributed by atoms with Crippen molar-refractivity contribution in [2.45, 2.75) is 6.42 Å². The van der Waals surface area contributed by atoms with E-state index in [0.717, 1.165) is 8.66 Å². The third-order valence-electron chi connectivity index (χ3n) is 2.54. The maximum absolute atomic E-state index is 11.7. The quantitative estimate of drug-likeness (QED) is 0.755. The van der Waals surface area contributed by atoms with Crippen LogP contribution in [0.3, 0.4) is 0 Å². The molecule has 0 aromatic carbocycles. The third kappa shape index (κ3) is 4.54. The van der Waals surface area contributed by atoms with E-state index < -0.39 is 12.0 Å². The van der Waals surface area contributed by atoms with Gasteiger partial charge in [0.05, 0.1) is 9.47 Å². The van der Waals surface area contributed by atoms with E-state index >= 15 is 0 Å². The molecule has 110 valence electrons. The number of halogens is 1. The number of nitrogens with one attached hydrogen (secondary N) is 2. The summed E-state index contributed by atoms with van der Waals surface area (Å²) in [7, 11) is 0. The summed E-state index contributed by atoms with van der Waals surface area (Å²) in [5, 5.41) is 14.1. The van der Waals surface area contributed by atoms with Crippen molar-refractivity contribution in [2.75, 3.05) is 11.9 Å². The molecular weight excluding hydrogens is 358 g/mol. The molecule has 0 unspecified atom stereocenters. The Labute approximate surface area is 133 Å². The highest BCUT2D eigenvalue weighted by Crippen LogP contribution is 2.22. The van der Waals surface area contributed by atoms with E-state index in [4.69, 9.17) is 5.11 Å². The zero-order valence-corrected chi connectivity index (χ0v) is 13.2. The Kier molecular flexibility index (Phi) is 5.29. The molecule has 0 aliphatic rings. The third-order valence-corrected chi connectivity index (χ3v) is 4.23. The number of aromatic carboxylic acids is 1. The highest BCUT2D eigenvalue weighted by atomic mass is 79.9. The van der Waals surface area contributed by atoms with Crippen LogP contribution in [0.4, 0.5) is 10.5 Å². The normalized spacial score (nSPS) is 10.1. The van der Waals surface area contributed by atoms with Crippen molar-refractivity contribution in [3.8, 4) is 0 Å². The molecule has 0 aliphatic heterocycles. The summed E-state index contributed by atoms with van der Waals surface area (Å²) < 4.78 is 1.04. The molecule has 0 spiro atoms. The topological polar surface area (TPSA) is 91.3 Å². The first-order valence-electron chi connectivity index (χ1n) is 6.03. The van der Waals surface area contributed by atoms with Gasteiger partial charge in [0.25, 0.3) is 0 Å². The first-order chi connectivity index (χ1) is 10.1. The first kappa shape index (κ1) is 15.5. The number of thiophene rings is 1. The van der Waals surface area contributed by atoms with Crippen LogP contribution in [0.1, 0.15) is 15.4 Å². The number of amides is 2. The molecule has 21 heavy (non-hydrogen) atoms. The lowest BCUT2D eigenvalue weighted by atomic mass is 10.3. The number of carbonyl (C=O) groups excluding carboxylic acids is 1. The second kappa shape index (κ2) is 7.19. The lowest BCUT2D eigenvalue weighted by molar-refractivity contribution is 0.0692. The molecule has 0 fully saturated rings. The van der Waals surface area contributed by atoms with Gasteiger partial charge in [0, 0.05) is 17.6 Å². The van der Waals surface area contributed by atoms with Crippen molar-refractivity contribution in [1.29, 1.82) is 0 Å². The molecule has 0 aliphatic carbocycles. The average molecular weight is 370 g/mol. The number of carboxylic acids is 1. The zero-order valence-electron chi connectivity index (χ0n) is 10.8. The summed E-state index contributed by atoms with van der Waals surface area (Å²) in [5.74, 6) is -1.19. The standard InChI is InChI=1S/C13H12BrN3O3S/c14-10-4-3-8(21-10)5-7-16-13(20)17-9-2-1-6-15-11(9)12(18)19/h1-4,6H,5,7H2,(H,18,19)(H2,16,17,20). The minimum atomic E-state index is -1.19. The molecule has 6 nitrogen and oxygen atoms in total. The van der Waals surface area contributed by atoms with Crippen molar-refractivity contribution in [1.82, 2.24) is 10.3 Å². The maximum Gasteiger partial charge on any atom is 0.356 e. The van der Waals surface area contributed by atoms with Crippen molar-refractivity contribution in [3.63, 3.8) is 0 Å². The Morgan fingerprint density at radius 3 is 2.81 bits per heavy atom. The van der Waals surface area contributed by atoms with Gasteiger partial charge >= 0.3 is 12.0 Å². The Bertz CT molecular complexity index is 660. The summed E-state index contributed by atoms with van der Waals surface area (Å²) in [5.41, 5.74) is -0.0174. The van der Waals surface area contributed by atoms with Crippen molar-refractivity contribution >= 4 is 45.0 Å². The predicted octanol–water partition coefficient (Wildman–Crippen LogP) is 2.97. The highest BCUT2D eigenvalue weighted by molar-refractivity contribution is 9.11. The van der Waals surface area contributed by atoms with Crippen molar-refractivity contribution < 1.29 is 14.7 Å². The largest absolute Gasteiger partial charge is 0.476 e. The van der Waals surface area contributed by atoms with Gasteiger partial charge < -0.3 is 15.7 Å². The smallest absolute Gasteiger partial charge is 0.356 e. The fourth-order valence-electron chi connectivity index (χ4n) is 1.63. The van der Waals surface area contributed by atoms with Crippen LogP contribution in [0.25, 0.3) is 0 Å². The van der Waals surface area contributed by atoms with Gasteiger partial charge in [0.2, 0.25) is 0 Å². The van der Waals surface area contributed by atoms with Gasteiger partial charge in [-0.3, -0.25) is 0 Å². The SMILES string of the molecule is O=C(NCCc1ccc(Br)s1)Nc1cccnc1C(=O)O. The Hall–Kier alpha value is -1.93. The number of nitrogens with zero attached hydrogens (tertiary/aromatic N) is 1. The minimum absolute atomic E-state index is 0.168. The van der Waals surface area contributed by atoms with E-state index in [2.05, 4.69) is 31.5 Å². The number of urea groups is 1. The number of aromatic nitrogens is 1. The van der Waals surface area contributed by atoms with Crippen LogP contribution in [0.5, 0.6) is 0 Å². The van der Waals surface area contributed by atoms with Gasteiger partial charge in [-0.05, 0) is 46.6 Å². The molecule has 2 aromatic rings. The Morgan fingerprint density at radius 1 is 1.33 bits per heavy atom. The van der Waals surface area contributed by atoms with Crippen LogP contribution in [0.2, 0.25) is 0 Å². The van der Waals surface area contributed by atoms with E-state index in [0.29, 0.717) is 13.0 Å². The van der Waals surface area contributed by atoms with Gasteiger partial charge in [-0.15, -0.1) is 11.3 Å². The molecule has 0 atom stereocenters. The lowest BCUT2D eigenvalue weighted by Gasteiger charge is -2.08. The second-order valence-electron chi connectivity index (χ2n) is 4.04. The van der Waals surface area contributed by atoms with E-state index in [1.165, 1.54) is 12.3 Å². The summed E-state index contributed by atoms with van der Waals surface area (Å²) in [6.45, 7) is 0.460. The number of carboxylic acid groups (broad SMARTS) is 1. The molecule has 0 saturated carbocycles. The fourth-order valence-corrected chi connectivity index (χ4v) is 3.11. The van der Waals surface area contributed by atoms with E-state index in [1.54, 1.807) is 17.4 Å². The van der Waals surface area contributed by atoms with Crippen LogP contribution < -0.4 is 10.6 Å². The Morgan fingerprint density at radius 2 is 2.14 bits per heavy atom. The van der Waals surface area contributed by atoms with Gasteiger partial charge in [-0.2, -0.15) is 0 Å². The molecule has 0 radical (unpaired) electrons. The molecule has 0 saturated heterocycles. The van der Waals surface area contributed by atoms with E-state index in [9.17, 15) is 9.59 Å². The molecule has 3 N–H and O–H groups in total. The average Bonchev–Trinajstić information content (AvgIpc) is 2.85. The van der Waals surface area contributed by atoms with Crippen LogP contribution >= 0.6 is 27.3 Å².